The summed E-state index contributed by atoms with van der Waals surface area (Å²) in [6, 6.07) is 9.40. The van der Waals surface area contributed by atoms with Crippen LogP contribution in [0, 0.1) is 0 Å². The van der Waals surface area contributed by atoms with Crippen LogP contribution in [0.4, 0.5) is 5.69 Å². The standard InChI is InChI=1S/C13H12BrClN2O3S/c1-17-21(18,19)13-7-9(16)3-5-12(13)20-11-4-2-8(14)6-10(11)15/h2-7,17H,16H2,1H3. The maximum Gasteiger partial charge on any atom is 0.244 e. The van der Waals surface area contributed by atoms with Gasteiger partial charge >= 0.3 is 0 Å². The second kappa shape index (κ2) is 6.23. The minimum Gasteiger partial charge on any atom is -0.454 e. The topological polar surface area (TPSA) is 81.4 Å². The third-order valence-electron chi connectivity index (χ3n) is 2.64. The fourth-order valence-electron chi connectivity index (χ4n) is 1.61. The largest absolute Gasteiger partial charge is 0.454 e. The van der Waals surface area contributed by atoms with Crippen LogP contribution in [-0.4, -0.2) is 15.5 Å². The first kappa shape index (κ1) is 16.1. The van der Waals surface area contributed by atoms with Crippen molar-refractivity contribution < 1.29 is 13.2 Å². The molecule has 0 fully saturated rings. The van der Waals surface area contributed by atoms with E-state index < -0.39 is 10.0 Å². The molecule has 0 amide bonds. The molecular weight excluding hydrogens is 380 g/mol. The van der Waals surface area contributed by atoms with E-state index in [1.165, 1.54) is 19.2 Å². The lowest BCUT2D eigenvalue weighted by molar-refractivity contribution is 0.467. The Morgan fingerprint density at radius 2 is 1.86 bits per heavy atom. The lowest BCUT2D eigenvalue weighted by atomic mass is 10.3. The van der Waals surface area contributed by atoms with Crippen molar-refractivity contribution in [1.82, 2.24) is 4.72 Å². The van der Waals surface area contributed by atoms with Crippen LogP contribution in [0.3, 0.4) is 0 Å². The van der Waals surface area contributed by atoms with Crippen LogP contribution in [0.1, 0.15) is 0 Å². The van der Waals surface area contributed by atoms with Gasteiger partial charge in [0.15, 0.2) is 0 Å². The summed E-state index contributed by atoms with van der Waals surface area (Å²) in [6.07, 6.45) is 0. The Bertz CT molecular complexity index is 781. The first-order valence-electron chi connectivity index (χ1n) is 5.79. The third-order valence-corrected chi connectivity index (χ3v) is 4.86. The molecule has 0 aliphatic carbocycles. The van der Waals surface area contributed by atoms with E-state index in [1.807, 2.05) is 0 Å². The molecule has 0 unspecified atom stereocenters. The SMILES string of the molecule is CNS(=O)(=O)c1cc(N)ccc1Oc1ccc(Br)cc1Cl. The van der Waals surface area contributed by atoms with Gasteiger partial charge in [-0.05, 0) is 43.4 Å². The van der Waals surface area contributed by atoms with E-state index in [1.54, 1.807) is 24.3 Å². The highest BCUT2D eigenvalue weighted by atomic mass is 79.9. The zero-order valence-electron chi connectivity index (χ0n) is 10.9. The first-order valence-corrected chi connectivity index (χ1v) is 8.45. The molecule has 0 radical (unpaired) electrons. The Morgan fingerprint density at radius 1 is 1.19 bits per heavy atom. The highest BCUT2D eigenvalue weighted by Gasteiger charge is 2.19. The summed E-state index contributed by atoms with van der Waals surface area (Å²) < 4.78 is 32.7. The van der Waals surface area contributed by atoms with Gasteiger partial charge in [0.2, 0.25) is 10.0 Å². The molecule has 0 saturated heterocycles. The zero-order valence-corrected chi connectivity index (χ0v) is 14.1. The van der Waals surface area contributed by atoms with Gasteiger partial charge in [-0.25, -0.2) is 13.1 Å². The van der Waals surface area contributed by atoms with Crippen molar-refractivity contribution >= 4 is 43.2 Å². The molecule has 2 aromatic rings. The summed E-state index contributed by atoms with van der Waals surface area (Å²) in [4.78, 5) is -0.0519. The number of hydrogen-bond acceptors (Lipinski definition) is 4. The highest BCUT2D eigenvalue weighted by Crippen LogP contribution is 2.35. The van der Waals surface area contributed by atoms with Crippen molar-refractivity contribution in [1.29, 1.82) is 0 Å². The molecule has 0 spiro atoms. The van der Waals surface area contributed by atoms with Gasteiger partial charge in [-0.15, -0.1) is 0 Å². The van der Waals surface area contributed by atoms with Gasteiger partial charge in [-0.3, -0.25) is 0 Å². The van der Waals surface area contributed by atoms with E-state index in [0.717, 1.165) is 4.47 Å². The van der Waals surface area contributed by atoms with Crippen molar-refractivity contribution in [3.63, 3.8) is 0 Å². The number of hydrogen-bond donors (Lipinski definition) is 2. The molecule has 0 aromatic heterocycles. The van der Waals surface area contributed by atoms with Crippen LogP contribution in [0.25, 0.3) is 0 Å². The van der Waals surface area contributed by atoms with Crippen molar-refractivity contribution in [2.75, 3.05) is 12.8 Å². The average Bonchev–Trinajstić information content (AvgIpc) is 2.43. The van der Waals surface area contributed by atoms with Crippen LogP contribution in [0.2, 0.25) is 5.02 Å². The lowest BCUT2D eigenvalue weighted by Crippen LogP contribution is -2.19. The Hall–Kier alpha value is -1.28. The van der Waals surface area contributed by atoms with Gasteiger partial charge < -0.3 is 10.5 Å². The number of anilines is 1. The fraction of sp³-hybridized carbons (Fsp3) is 0.0769. The van der Waals surface area contributed by atoms with Crippen LogP contribution in [-0.2, 0) is 10.0 Å². The molecule has 21 heavy (non-hydrogen) atoms. The molecule has 0 aliphatic heterocycles. The van der Waals surface area contributed by atoms with E-state index in [9.17, 15) is 8.42 Å². The van der Waals surface area contributed by atoms with Crippen LogP contribution < -0.4 is 15.2 Å². The molecule has 112 valence electrons. The molecule has 0 bridgehead atoms. The van der Waals surface area contributed by atoms with E-state index in [0.29, 0.717) is 16.5 Å². The van der Waals surface area contributed by atoms with E-state index in [-0.39, 0.29) is 10.6 Å². The number of sulfonamides is 1. The Balaban J connectivity index is 2.50. The monoisotopic (exact) mass is 390 g/mol. The molecule has 0 saturated carbocycles. The quantitative estimate of drug-likeness (QED) is 0.783. The minimum absolute atomic E-state index is 0.0519. The maximum absolute atomic E-state index is 12.0. The summed E-state index contributed by atoms with van der Waals surface area (Å²) >= 11 is 9.35. The number of nitrogens with one attached hydrogen (secondary N) is 1. The minimum atomic E-state index is -3.70. The van der Waals surface area contributed by atoms with Gasteiger partial charge in [-0.1, -0.05) is 27.5 Å². The predicted molar refractivity (Wildman–Crippen MR) is 86.3 cm³/mol. The molecule has 3 N–H and O–H groups in total. The number of halogens is 2. The van der Waals surface area contributed by atoms with E-state index in [4.69, 9.17) is 22.1 Å². The molecule has 0 atom stereocenters. The Labute approximate surface area is 136 Å². The van der Waals surface area contributed by atoms with Gasteiger partial charge in [0, 0.05) is 10.2 Å². The molecule has 0 heterocycles. The Morgan fingerprint density at radius 3 is 2.48 bits per heavy atom. The summed E-state index contributed by atoms with van der Waals surface area (Å²) in [5.41, 5.74) is 5.96. The van der Waals surface area contributed by atoms with E-state index >= 15 is 0 Å². The number of rotatable bonds is 4. The summed E-state index contributed by atoms with van der Waals surface area (Å²) in [5.74, 6) is 0.486. The number of ether oxygens (including phenoxy) is 1. The maximum atomic E-state index is 12.0. The van der Waals surface area contributed by atoms with Gasteiger partial charge in [0.05, 0.1) is 5.02 Å². The smallest absolute Gasteiger partial charge is 0.244 e. The van der Waals surface area contributed by atoms with Gasteiger partial charge in [0.1, 0.15) is 16.4 Å². The Kier molecular flexibility index (Phi) is 4.77. The fourth-order valence-corrected chi connectivity index (χ4v) is 3.20. The average molecular weight is 392 g/mol. The van der Waals surface area contributed by atoms with Crippen molar-refractivity contribution in [3.8, 4) is 11.5 Å². The first-order chi connectivity index (χ1) is 9.83. The normalized spacial score (nSPS) is 11.4. The third kappa shape index (κ3) is 3.68. The number of benzene rings is 2. The van der Waals surface area contributed by atoms with Crippen molar-refractivity contribution in [2.45, 2.75) is 4.90 Å². The number of nitrogens with two attached hydrogens (primary N) is 1. The summed E-state index contributed by atoms with van der Waals surface area (Å²) in [6.45, 7) is 0. The van der Waals surface area contributed by atoms with Gasteiger partial charge in [0.25, 0.3) is 0 Å². The van der Waals surface area contributed by atoms with Crippen molar-refractivity contribution in [3.05, 3.63) is 45.9 Å². The number of nitrogen functional groups attached to an aromatic ring is 1. The summed E-state index contributed by atoms with van der Waals surface area (Å²) in [7, 11) is -2.39. The molecular formula is C13H12BrClN2O3S. The lowest BCUT2D eigenvalue weighted by Gasteiger charge is -2.13. The second-order valence-corrected chi connectivity index (χ2v) is 7.27. The van der Waals surface area contributed by atoms with Crippen LogP contribution in [0.5, 0.6) is 11.5 Å². The predicted octanol–water partition coefficient (Wildman–Crippen LogP) is 3.39. The molecule has 2 rings (SSSR count). The molecule has 2 aromatic carbocycles. The van der Waals surface area contributed by atoms with Crippen LogP contribution >= 0.6 is 27.5 Å². The molecule has 5 nitrogen and oxygen atoms in total. The zero-order chi connectivity index (χ0) is 15.6. The van der Waals surface area contributed by atoms with Crippen molar-refractivity contribution in [2.24, 2.45) is 0 Å². The molecule has 0 aliphatic rings. The van der Waals surface area contributed by atoms with Crippen LogP contribution in [0.15, 0.2) is 45.8 Å². The van der Waals surface area contributed by atoms with Gasteiger partial charge in [-0.2, -0.15) is 0 Å². The van der Waals surface area contributed by atoms with E-state index in [2.05, 4.69) is 20.7 Å². The molecule has 8 heteroatoms. The highest BCUT2D eigenvalue weighted by molar-refractivity contribution is 9.10. The second-order valence-electron chi connectivity index (χ2n) is 4.09. The summed E-state index contributed by atoms with van der Waals surface area (Å²) in [5, 5.41) is 0.356.